The number of carboxylic acid groups (broad SMARTS) is 1. The molecule has 0 spiro atoms. The van der Waals surface area contributed by atoms with E-state index in [4.69, 9.17) is 4.74 Å². The molecule has 0 saturated heterocycles. The van der Waals surface area contributed by atoms with Crippen LogP contribution < -0.4 is 0 Å². The van der Waals surface area contributed by atoms with Gasteiger partial charge in [-0.3, -0.25) is 14.4 Å². The van der Waals surface area contributed by atoms with Crippen molar-refractivity contribution in [3.8, 4) is 0 Å². The number of aliphatic hydroxyl groups is 2. The van der Waals surface area contributed by atoms with Crippen LogP contribution in [-0.2, 0) is 23.9 Å². The van der Waals surface area contributed by atoms with Crippen molar-refractivity contribution >= 4 is 23.5 Å². The summed E-state index contributed by atoms with van der Waals surface area (Å²) in [5, 5.41) is 32.1. The van der Waals surface area contributed by atoms with E-state index in [1.54, 1.807) is 6.92 Å². The average Bonchev–Trinajstić information content (AvgIpc) is 2.91. The fourth-order valence-corrected chi connectivity index (χ4v) is 7.10. The van der Waals surface area contributed by atoms with Crippen LogP contribution in [0.2, 0.25) is 0 Å². The number of carboxylic acids is 1. The summed E-state index contributed by atoms with van der Waals surface area (Å²) in [7, 11) is 0. The van der Waals surface area contributed by atoms with Gasteiger partial charge in [0.1, 0.15) is 6.10 Å². The molecule has 0 aromatic carbocycles. The molecule has 3 fully saturated rings. The summed E-state index contributed by atoms with van der Waals surface area (Å²) in [6.45, 7) is 4.15. The maximum absolute atomic E-state index is 17.0. The number of Topliss-reactive ketones (excluding diaryl/α,β-unsaturated/α-hetero) is 1. The van der Waals surface area contributed by atoms with Crippen LogP contribution in [0.15, 0.2) is 23.8 Å². The number of hydrogen-bond donors (Lipinski definition) is 3. The molecule has 0 amide bonds. The third kappa shape index (κ3) is 2.55. The number of rotatable bonds is 3. The Hall–Kier alpha value is -2.39. The fourth-order valence-electron chi connectivity index (χ4n) is 7.10. The van der Waals surface area contributed by atoms with E-state index in [1.807, 2.05) is 0 Å². The second-order valence-corrected chi connectivity index (χ2v) is 10.00. The maximum atomic E-state index is 17.0. The summed E-state index contributed by atoms with van der Waals surface area (Å²) >= 11 is 0. The van der Waals surface area contributed by atoms with Crippen molar-refractivity contribution < 1.29 is 43.6 Å². The molecule has 3 N–H and O–H groups in total. The van der Waals surface area contributed by atoms with Gasteiger partial charge in [-0.05, 0) is 50.7 Å². The summed E-state index contributed by atoms with van der Waals surface area (Å²) in [5.74, 6) is -6.13. The Kier molecular flexibility index (Phi) is 4.85. The lowest BCUT2D eigenvalue weighted by Gasteiger charge is -2.62. The highest BCUT2D eigenvalue weighted by Gasteiger charge is 2.77. The van der Waals surface area contributed by atoms with Gasteiger partial charge in [-0.15, -0.1) is 0 Å². The summed E-state index contributed by atoms with van der Waals surface area (Å²) in [6.07, 6.45) is 1.04. The van der Waals surface area contributed by atoms with Gasteiger partial charge in [0.2, 0.25) is 0 Å². The van der Waals surface area contributed by atoms with Gasteiger partial charge in [0, 0.05) is 23.7 Å². The molecule has 0 radical (unpaired) electrons. The molecular weight excluding hydrogens is 423 g/mol. The Bertz CT molecular complexity index is 986. The average molecular weight is 450 g/mol. The second kappa shape index (κ2) is 6.81. The number of aliphatic hydroxyl groups excluding tert-OH is 1. The summed E-state index contributed by atoms with van der Waals surface area (Å²) in [6, 6.07) is 0. The molecule has 8 atom stereocenters. The third-order valence-electron chi connectivity index (χ3n) is 8.68. The highest BCUT2D eigenvalue weighted by Crippen LogP contribution is 2.70. The van der Waals surface area contributed by atoms with Gasteiger partial charge in [0.05, 0.1) is 6.10 Å². The third-order valence-corrected chi connectivity index (χ3v) is 8.68. The molecule has 0 aromatic rings. The van der Waals surface area contributed by atoms with Crippen LogP contribution in [0.3, 0.4) is 0 Å². The van der Waals surface area contributed by atoms with Crippen molar-refractivity contribution in [2.75, 3.05) is 0 Å². The number of aliphatic carboxylic acids is 1. The number of allylic oxidation sites excluding steroid dienone is 4. The van der Waals surface area contributed by atoms with E-state index in [2.05, 4.69) is 0 Å². The topological polar surface area (TPSA) is 138 Å². The van der Waals surface area contributed by atoms with Crippen LogP contribution in [0.4, 0.5) is 4.39 Å². The van der Waals surface area contributed by atoms with E-state index in [0.29, 0.717) is 12.0 Å². The van der Waals surface area contributed by atoms with Crippen LogP contribution in [0, 0.1) is 22.7 Å². The molecule has 4 aliphatic rings. The standard InChI is InChI=1S/C23H27FO8/c1-11(25)32-17-9-15-14-5-4-12-8-13(26)6-7-20(12,2)22(14,24)16(27)10-21(15,3)23(17,31)18(28)19(29)30/h6-8,14-17,27,31H,4-5,9-10H2,1-3H3,(H,29,30)/t14-,15-,16-,17+,20-,21-,22-,23-/m0/s1. The van der Waals surface area contributed by atoms with E-state index >= 15 is 4.39 Å². The van der Waals surface area contributed by atoms with Crippen LogP contribution in [0.25, 0.3) is 0 Å². The largest absolute Gasteiger partial charge is 0.475 e. The molecule has 0 bridgehead atoms. The number of hydrogen-bond acceptors (Lipinski definition) is 7. The number of esters is 1. The SMILES string of the molecule is CC(=O)O[C@@H]1C[C@H]2[C@@H]3CCC4=CC(=O)C=C[C@]4(C)[C@@]3(F)[C@@H](O)C[C@]2(C)[C@@]1(O)C(=O)C(=O)O. The minimum atomic E-state index is -2.62. The number of carbonyl (C=O) groups excluding carboxylic acids is 3. The predicted molar refractivity (Wildman–Crippen MR) is 107 cm³/mol. The van der Waals surface area contributed by atoms with Gasteiger partial charge in [0.25, 0.3) is 5.78 Å². The first-order chi connectivity index (χ1) is 14.7. The molecule has 9 heteroatoms. The highest BCUT2D eigenvalue weighted by molar-refractivity contribution is 6.36. The zero-order valence-electron chi connectivity index (χ0n) is 18.1. The fraction of sp³-hybridized carbons (Fsp3) is 0.652. The number of fused-ring (bicyclic) bond motifs is 5. The molecule has 0 aliphatic heterocycles. The lowest BCUT2D eigenvalue weighted by molar-refractivity contribution is -0.223. The van der Waals surface area contributed by atoms with Crippen LogP contribution in [-0.4, -0.2) is 62.3 Å². The Labute approximate surface area is 184 Å². The van der Waals surface area contributed by atoms with Gasteiger partial charge < -0.3 is 20.1 Å². The lowest BCUT2D eigenvalue weighted by Crippen LogP contribution is -2.70. The second-order valence-electron chi connectivity index (χ2n) is 10.00. The smallest absolute Gasteiger partial charge is 0.375 e. The van der Waals surface area contributed by atoms with Crippen molar-refractivity contribution in [2.24, 2.45) is 22.7 Å². The van der Waals surface area contributed by atoms with Crippen LogP contribution >= 0.6 is 0 Å². The van der Waals surface area contributed by atoms with Crippen molar-refractivity contribution in [2.45, 2.75) is 69.9 Å². The number of halogens is 1. The van der Waals surface area contributed by atoms with Crippen molar-refractivity contribution in [3.63, 3.8) is 0 Å². The number of ether oxygens (including phenoxy) is 1. The van der Waals surface area contributed by atoms with Crippen molar-refractivity contribution in [1.29, 1.82) is 0 Å². The molecule has 0 heterocycles. The van der Waals surface area contributed by atoms with Crippen LogP contribution in [0.1, 0.15) is 46.5 Å². The van der Waals surface area contributed by atoms with E-state index in [0.717, 1.165) is 6.92 Å². The Balaban J connectivity index is 1.86. The van der Waals surface area contributed by atoms with Crippen molar-refractivity contribution in [3.05, 3.63) is 23.8 Å². The van der Waals surface area contributed by atoms with Crippen LogP contribution in [0.5, 0.6) is 0 Å². The Morgan fingerprint density at radius 2 is 1.88 bits per heavy atom. The molecule has 3 saturated carbocycles. The molecule has 8 nitrogen and oxygen atoms in total. The summed E-state index contributed by atoms with van der Waals surface area (Å²) in [5.41, 5.74) is -7.10. The first-order valence-electron chi connectivity index (χ1n) is 10.7. The van der Waals surface area contributed by atoms with Gasteiger partial charge in [-0.25, -0.2) is 9.18 Å². The maximum Gasteiger partial charge on any atom is 0.375 e. The first kappa shape index (κ1) is 22.8. The van der Waals surface area contributed by atoms with Crippen molar-refractivity contribution in [1.82, 2.24) is 0 Å². The molecule has 174 valence electrons. The number of carbonyl (C=O) groups is 4. The van der Waals surface area contributed by atoms with Gasteiger partial charge in [0.15, 0.2) is 17.1 Å². The quantitative estimate of drug-likeness (QED) is 0.432. The van der Waals surface area contributed by atoms with Gasteiger partial charge in [-0.2, -0.15) is 0 Å². The summed E-state index contributed by atoms with van der Waals surface area (Å²) < 4.78 is 22.2. The number of alkyl halides is 1. The minimum Gasteiger partial charge on any atom is -0.475 e. The van der Waals surface area contributed by atoms with E-state index < -0.39 is 70.3 Å². The first-order valence-corrected chi connectivity index (χ1v) is 10.7. The van der Waals surface area contributed by atoms with E-state index in [-0.39, 0.29) is 18.6 Å². The van der Waals surface area contributed by atoms with E-state index in [9.17, 15) is 34.5 Å². The zero-order valence-corrected chi connectivity index (χ0v) is 18.1. The molecule has 32 heavy (non-hydrogen) atoms. The zero-order chi connectivity index (χ0) is 23.9. The predicted octanol–water partition coefficient (Wildman–Crippen LogP) is 1.28. The van der Waals surface area contributed by atoms with E-state index in [1.165, 1.54) is 25.2 Å². The monoisotopic (exact) mass is 450 g/mol. The molecule has 4 rings (SSSR count). The van der Waals surface area contributed by atoms with Gasteiger partial charge in [-0.1, -0.05) is 18.6 Å². The summed E-state index contributed by atoms with van der Waals surface area (Å²) in [4.78, 5) is 47.9. The van der Waals surface area contributed by atoms with Gasteiger partial charge >= 0.3 is 11.9 Å². The molecule has 0 unspecified atom stereocenters. The highest BCUT2D eigenvalue weighted by atomic mass is 19.1. The Morgan fingerprint density at radius 3 is 2.47 bits per heavy atom. The normalized spacial score (nSPS) is 47.1. The molecular formula is C23H27FO8. The minimum absolute atomic E-state index is 0.119. The molecule has 0 aromatic heterocycles. The Morgan fingerprint density at radius 1 is 1.22 bits per heavy atom. The number of ketones is 2. The lowest BCUT2D eigenvalue weighted by atomic mass is 9.44. The molecule has 4 aliphatic carbocycles.